The maximum absolute atomic E-state index is 13.2. The third-order valence-corrected chi connectivity index (χ3v) is 5.63. The van der Waals surface area contributed by atoms with E-state index < -0.39 is 5.54 Å². The van der Waals surface area contributed by atoms with Gasteiger partial charge < -0.3 is 10.2 Å². The summed E-state index contributed by atoms with van der Waals surface area (Å²) in [5, 5.41) is 3.12. The average Bonchev–Trinajstić information content (AvgIpc) is 2.96. The van der Waals surface area contributed by atoms with Crippen molar-refractivity contribution in [3.63, 3.8) is 0 Å². The summed E-state index contributed by atoms with van der Waals surface area (Å²) < 4.78 is 0. The van der Waals surface area contributed by atoms with E-state index in [9.17, 15) is 9.59 Å². The van der Waals surface area contributed by atoms with Crippen LogP contribution in [0.2, 0.25) is 0 Å². The van der Waals surface area contributed by atoms with Crippen LogP contribution in [0.5, 0.6) is 0 Å². The number of piperazine rings is 1. The molecule has 0 aromatic rings. The van der Waals surface area contributed by atoms with Crippen molar-refractivity contribution in [1.82, 2.24) is 10.2 Å². The van der Waals surface area contributed by atoms with E-state index in [1.54, 1.807) is 0 Å². The molecule has 3 rings (SSSR count). The first-order chi connectivity index (χ1) is 10.2. The van der Waals surface area contributed by atoms with Gasteiger partial charge in [-0.25, -0.2) is 0 Å². The molecule has 3 fully saturated rings. The van der Waals surface area contributed by atoms with Gasteiger partial charge in [-0.2, -0.15) is 0 Å². The van der Waals surface area contributed by atoms with E-state index in [-0.39, 0.29) is 17.9 Å². The van der Waals surface area contributed by atoms with Crippen LogP contribution < -0.4 is 5.32 Å². The van der Waals surface area contributed by atoms with Crippen LogP contribution in [0.3, 0.4) is 0 Å². The van der Waals surface area contributed by atoms with E-state index in [0.717, 1.165) is 51.4 Å². The molecule has 1 aliphatic heterocycles. The molecule has 1 spiro atoms. The van der Waals surface area contributed by atoms with Crippen LogP contribution >= 0.6 is 0 Å². The zero-order valence-corrected chi connectivity index (χ0v) is 13.2. The molecular formula is C17H28N2O2. The SMILES string of the molecule is CCCC1C(=O)NC2(CCCC2)C(=O)N1C1CCCCC1. The molecule has 1 unspecified atom stereocenters. The van der Waals surface area contributed by atoms with E-state index in [1.165, 1.54) is 19.3 Å². The average molecular weight is 292 g/mol. The van der Waals surface area contributed by atoms with Gasteiger partial charge in [-0.3, -0.25) is 9.59 Å². The lowest BCUT2D eigenvalue weighted by atomic mass is 9.85. The fourth-order valence-corrected chi connectivity index (χ4v) is 4.53. The second-order valence-corrected chi connectivity index (χ2v) is 7.09. The Hall–Kier alpha value is -1.06. The number of hydrogen-bond donors (Lipinski definition) is 1. The Bertz CT molecular complexity index is 409. The van der Waals surface area contributed by atoms with Crippen molar-refractivity contribution < 1.29 is 9.59 Å². The van der Waals surface area contributed by atoms with Crippen molar-refractivity contribution in [3.05, 3.63) is 0 Å². The lowest BCUT2D eigenvalue weighted by Gasteiger charge is -2.48. The highest BCUT2D eigenvalue weighted by atomic mass is 16.2. The highest BCUT2D eigenvalue weighted by Gasteiger charge is 2.53. The first-order valence-corrected chi connectivity index (χ1v) is 8.83. The molecule has 3 aliphatic rings. The van der Waals surface area contributed by atoms with Crippen molar-refractivity contribution in [2.75, 3.05) is 0 Å². The van der Waals surface area contributed by atoms with Gasteiger partial charge in [0.05, 0.1) is 0 Å². The van der Waals surface area contributed by atoms with Gasteiger partial charge in [0.15, 0.2) is 0 Å². The number of carbonyl (C=O) groups is 2. The summed E-state index contributed by atoms with van der Waals surface area (Å²) >= 11 is 0. The molecule has 2 aliphatic carbocycles. The van der Waals surface area contributed by atoms with Crippen LogP contribution in [0.4, 0.5) is 0 Å². The Balaban J connectivity index is 1.88. The number of hydrogen-bond acceptors (Lipinski definition) is 2. The Morgan fingerprint density at radius 1 is 1.10 bits per heavy atom. The van der Waals surface area contributed by atoms with Gasteiger partial charge in [-0.05, 0) is 32.1 Å². The smallest absolute Gasteiger partial charge is 0.249 e. The molecular weight excluding hydrogens is 264 g/mol. The highest BCUT2D eigenvalue weighted by molar-refractivity contribution is 6.00. The summed E-state index contributed by atoms with van der Waals surface area (Å²) in [6, 6.07) is 0.0724. The molecule has 2 saturated carbocycles. The topological polar surface area (TPSA) is 49.4 Å². The molecule has 21 heavy (non-hydrogen) atoms. The highest BCUT2D eigenvalue weighted by Crippen LogP contribution is 2.38. The Morgan fingerprint density at radius 3 is 2.38 bits per heavy atom. The lowest BCUT2D eigenvalue weighted by Crippen LogP contribution is -2.71. The monoisotopic (exact) mass is 292 g/mol. The summed E-state index contributed by atoms with van der Waals surface area (Å²) in [5.41, 5.74) is -0.557. The van der Waals surface area contributed by atoms with Gasteiger partial charge in [-0.15, -0.1) is 0 Å². The summed E-state index contributed by atoms with van der Waals surface area (Å²) in [5.74, 6) is 0.328. The van der Waals surface area contributed by atoms with E-state index in [2.05, 4.69) is 12.2 Å². The fraction of sp³-hybridized carbons (Fsp3) is 0.882. The maximum Gasteiger partial charge on any atom is 0.249 e. The minimum Gasteiger partial charge on any atom is -0.340 e. The number of carbonyl (C=O) groups excluding carboxylic acids is 2. The number of nitrogens with zero attached hydrogens (tertiary/aromatic N) is 1. The summed E-state index contributed by atoms with van der Waals surface area (Å²) in [4.78, 5) is 27.9. The Labute approximate surface area is 127 Å². The van der Waals surface area contributed by atoms with Gasteiger partial charge in [-0.1, -0.05) is 45.4 Å². The first kappa shape index (κ1) is 14.9. The summed E-state index contributed by atoms with van der Waals surface area (Å²) in [7, 11) is 0. The normalized spacial score (nSPS) is 30.0. The molecule has 0 aromatic heterocycles. The minimum atomic E-state index is -0.557. The zero-order chi connectivity index (χ0) is 14.9. The van der Waals surface area contributed by atoms with E-state index in [0.29, 0.717) is 6.04 Å². The third kappa shape index (κ3) is 2.58. The Morgan fingerprint density at radius 2 is 1.76 bits per heavy atom. The molecule has 118 valence electrons. The van der Waals surface area contributed by atoms with E-state index >= 15 is 0 Å². The molecule has 1 heterocycles. The summed E-state index contributed by atoms with van der Waals surface area (Å²) in [6.45, 7) is 2.09. The third-order valence-electron chi connectivity index (χ3n) is 5.63. The van der Waals surface area contributed by atoms with Crippen LogP contribution in [0.1, 0.15) is 77.6 Å². The van der Waals surface area contributed by atoms with Crippen molar-refractivity contribution in [3.8, 4) is 0 Å². The van der Waals surface area contributed by atoms with Crippen molar-refractivity contribution in [1.29, 1.82) is 0 Å². The predicted octanol–water partition coefficient (Wildman–Crippen LogP) is 2.76. The van der Waals surface area contributed by atoms with Crippen LogP contribution in [0.15, 0.2) is 0 Å². The molecule has 0 bridgehead atoms. The standard InChI is InChI=1S/C17H28N2O2/c1-2-8-14-15(20)18-17(11-6-7-12-17)16(21)19(14)13-9-4-3-5-10-13/h13-14H,2-12H2,1H3,(H,18,20). The number of nitrogens with one attached hydrogen (secondary N) is 1. The molecule has 1 atom stereocenters. The van der Waals surface area contributed by atoms with Gasteiger partial charge in [0.2, 0.25) is 11.8 Å². The van der Waals surface area contributed by atoms with E-state index in [4.69, 9.17) is 0 Å². The molecule has 2 amide bonds. The largest absolute Gasteiger partial charge is 0.340 e. The van der Waals surface area contributed by atoms with Crippen molar-refractivity contribution >= 4 is 11.8 Å². The molecule has 4 nitrogen and oxygen atoms in total. The van der Waals surface area contributed by atoms with Gasteiger partial charge >= 0.3 is 0 Å². The maximum atomic E-state index is 13.2. The molecule has 1 N–H and O–H groups in total. The predicted molar refractivity (Wildman–Crippen MR) is 81.8 cm³/mol. The van der Waals surface area contributed by atoms with Crippen LogP contribution in [0, 0.1) is 0 Å². The molecule has 0 radical (unpaired) electrons. The van der Waals surface area contributed by atoms with Crippen LogP contribution in [-0.4, -0.2) is 34.3 Å². The van der Waals surface area contributed by atoms with Crippen molar-refractivity contribution in [2.45, 2.75) is 95.2 Å². The van der Waals surface area contributed by atoms with Crippen molar-refractivity contribution in [2.24, 2.45) is 0 Å². The number of amides is 2. The van der Waals surface area contributed by atoms with Gasteiger partial charge in [0.25, 0.3) is 0 Å². The lowest BCUT2D eigenvalue weighted by molar-refractivity contribution is -0.159. The van der Waals surface area contributed by atoms with Crippen LogP contribution in [0.25, 0.3) is 0 Å². The molecule has 1 saturated heterocycles. The Kier molecular flexibility index (Phi) is 4.23. The fourth-order valence-electron chi connectivity index (χ4n) is 4.53. The first-order valence-electron chi connectivity index (χ1n) is 8.83. The van der Waals surface area contributed by atoms with Crippen LogP contribution in [-0.2, 0) is 9.59 Å². The van der Waals surface area contributed by atoms with Gasteiger partial charge in [0, 0.05) is 6.04 Å². The quantitative estimate of drug-likeness (QED) is 0.869. The molecule has 4 heteroatoms. The van der Waals surface area contributed by atoms with Gasteiger partial charge in [0.1, 0.15) is 11.6 Å². The molecule has 0 aromatic carbocycles. The van der Waals surface area contributed by atoms with E-state index in [1.807, 2.05) is 4.90 Å². The zero-order valence-electron chi connectivity index (χ0n) is 13.2. The minimum absolute atomic E-state index is 0.101. The number of rotatable bonds is 3. The summed E-state index contributed by atoms with van der Waals surface area (Å²) in [6.07, 6.45) is 11.3. The second-order valence-electron chi connectivity index (χ2n) is 7.09. The second kappa shape index (κ2) is 5.98.